The van der Waals surface area contributed by atoms with Gasteiger partial charge in [-0.1, -0.05) is 6.07 Å². The highest BCUT2D eigenvalue weighted by Crippen LogP contribution is 2.39. The van der Waals surface area contributed by atoms with Crippen LogP contribution in [0.2, 0.25) is 0 Å². The summed E-state index contributed by atoms with van der Waals surface area (Å²) in [5.74, 6) is -0.802. The minimum absolute atomic E-state index is 0.0330. The quantitative estimate of drug-likeness (QED) is 0.621. The molecular formula is C19H17F3N4O3. The third kappa shape index (κ3) is 3.58. The molecule has 1 aliphatic heterocycles. The number of carbonyl (C=O) groups excluding carboxylic acids is 1. The lowest BCUT2D eigenvalue weighted by molar-refractivity contribution is -0.143. The number of ether oxygens (including phenoxy) is 2. The van der Waals surface area contributed by atoms with Gasteiger partial charge in [-0.15, -0.1) is 0 Å². The molecule has 1 aliphatic rings. The summed E-state index contributed by atoms with van der Waals surface area (Å²) in [6.07, 6.45) is -2.85. The summed E-state index contributed by atoms with van der Waals surface area (Å²) < 4.78 is 49.3. The first kappa shape index (κ1) is 19.1. The second kappa shape index (κ2) is 6.66. The van der Waals surface area contributed by atoms with E-state index in [0.717, 1.165) is 34.7 Å². The maximum absolute atomic E-state index is 12.8. The summed E-state index contributed by atoms with van der Waals surface area (Å²) >= 11 is 0. The van der Waals surface area contributed by atoms with E-state index >= 15 is 0 Å². The molecule has 2 heterocycles. The van der Waals surface area contributed by atoms with Crippen LogP contribution in [0.3, 0.4) is 0 Å². The van der Waals surface area contributed by atoms with Crippen molar-refractivity contribution in [1.29, 1.82) is 0 Å². The van der Waals surface area contributed by atoms with Crippen molar-refractivity contribution in [2.45, 2.75) is 24.9 Å². The molecule has 0 bridgehead atoms. The van der Waals surface area contributed by atoms with Crippen LogP contribution in [0.15, 0.2) is 42.6 Å². The Labute approximate surface area is 163 Å². The molecule has 0 radical (unpaired) electrons. The van der Waals surface area contributed by atoms with Crippen molar-refractivity contribution in [3.63, 3.8) is 0 Å². The lowest BCUT2D eigenvalue weighted by atomic mass is 10.1. The van der Waals surface area contributed by atoms with Crippen LogP contribution >= 0.6 is 0 Å². The van der Waals surface area contributed by atoms with Crippen LogP contribution in [0, 0.1) is 0 Å². The van der Waals surface area contributed by atoms with Gasteiger partial charge in [0.25, 0.3) is 11.6 Å². The molecule has 0 saturated carbocycles. The number of hydrogen-bond donors (Lipinski definition) is 3. The van der Waals surface area contributed by atoms with Crippen LogP contribution < -0.4 is 20.5 Å². The fourth-order valence-corrected chi connectivity index (χ4v) is 3.04. The smallest absolute Gasteiger partial charge is 0.416 e. The first-order valence-corrected chi connectivity index (χ1v) is 8.72. The topological polar surface area (TPSA) is 102 Å². The van der Waals surface area contributed by atoms with Gasteiger partial charge in [-0.2, -0.15) is 18.3 Å². The second-order valence-corrected chi connectivity index (χ2v) is 6.85. The third-order valence-corrected chi connectivity index (χ3v) is 4.70. The third-order valence-electron chi connectivity index (χ3n) is 4.70. The van der Waals surface area contributed by atoms with E-state index in [1.807, 2.05) is 18.2 Å². The molecule has 7 nitrogen and oxygen atoms in total. The molecule has 4 N–H and O–H groups in total. The predicted octanol–water partition coefficient (Wildman–Crippen LogP) is 2.89. The molecule has 0 saturated heterocycles. The van der Waals surface area contributed by atoms with Crippen molar-refractivity contribution in [3.05, 3.63) is 53.7 Å². The number of aromatic amines is 1. The summed E-state index contributed by atoms with van der Waals surface area (Å²) in [5.41, 5.74) is 4.98. The highest BCUT2D eigenvalue weighted by Gasteiger charge is 2.43. The Morgan fingerprint density at radius 2 is 2.07 bits per heavy atom. The average Bonchev–Trinajstić information content (AvgIpc) is 3.14. The zero-order valence-electron chi connectivity index (χ0n) is 15.2. The number of halogens is 3. The molecule has 0 aliphatic carbocycles. The number of benzene rings is 2. The molecule has 1 aromatic heterocycles. The van der Waals surface area contributed by atoms with Gasteiger partial charge in [0.05, 0.1) is 23.3 Å². The van der Waals surface area contributed by atoms with Gasteiger partial charge in [-0.05, 0) is 42.8 Å². The van der Waals surface area contributed by atoms with Crippen molar-refractivity contribution >= 4 is 16.8 Å². The fourth-order valence-electron chi connectivity index (χ4n) is 3.04. The number of fused-ring (bicyclic) bond motifs is 2. The summed E-state index contributed by atoms with van der Waals surface area (Å²) in [6.45, 7) is 1.34. The molecule has 0 fully saturated rings. The van der Waals surface area contributed by atoms with E-state index in [1.54, 1.807) is 13.1 Å². The van der Waals surface area contributed by atoms with Crippen molar-refractivity contribution in [1.82, 2.24) is 15.5 Å². The maximum atomic E-state index is 12.8. The molecule has 0 spiro atoms. The van der Waals surface area contributed by atoms with Gasteiger partial charge in [-0.3, -0.25) is 15.6 Å². The van der Waals surface area contributed by atoms with Gasteiger partial charge in [0, 0.05) is 5.39 Å². The molecular weight excluding hydrogens is 389 g/mol. The van der Waals surface area contributed by atoms with Gasteiger partial charge < -0.3 is 14.8 Å². The van der Waals surface area contributed by atoms with Crippen LogP contribution in [0.25, 0.3) is 10.9 Å². The summed E-state index contributed by atoms with van der Waals surface area (Å²) in [4.78, 5) is 12.7. The molecule has 2 atom stereocenters. The second-order valence-electron chi connectivity index (χ2n) is 6.85. The van der Waals surface area contributed by atoms with Crippen LogP contribution in [0.4, 0.5) is 13.2 Å². The minimum Gasteiger partial charge on any atom is -0.483 e. The summed E-state index contributed by atoms with van der Waals surface area (Å²) in [5, 5.41) is 10.4. The minimum atomic E-state index is -4.52. The largest absolute Gasteiger partial charge is 0.483 e. The highest BCUT2D eigenvalue weighted by molar-refractivity contribution is 5.86. The number of nitrogens with zero attached hydrogens (tertiary/aromatic N) is 1. The molecule has 4 rings (SSSR count). The monoisotopic (exact) mass is 406 g/mol. The van der Waals surface area contributed by atoms with Gasteiger partial charge in [0.2, 0.25) is 0 Å². The number of H-pyrrole nitrogens is 1. The van der Waals surface area contributed by atoms with Crippen LogP contribution in [0.5, 0.6) is 11.5 Å². The van der Waals surface area contributed by atoms with Gasteiger partial charge in [0.1, 0.15) is 0 Å². The highest BCUT2D eigenvalue weighted by atomic mass is 19.4. The van der Waals surface area contributed by atoms with Gasteiger partial charge >= 0.3 is 6.18 Å². The van der Waals surface area contributed by atoms with Crippen LogP contribution in [0.1, 0.15) is 24.1 Å². The van der Waals surface area contributed by atoms with Crippen molar-refractivity contribution in [2.24, 2.45) is 5.73 Å². The Morgan fingerprint density at radius 3 is 2.83 bits per heavy atom. The normalized spacial score (nSPS) is 19.8. The first-order valence-electron chi connectivity index (χ1n) is 8.72. The van der Waals surface area contributed by atoms with Gasteiger partial charge in [-0.25, -0.2) is 0 Å². The summed E-state index contributed by atoms with van der Waals surface area (Å²) in [6, 6.07) is 7.89. The molecule has 152 valence electrons. The Hall–Kier alpha value is -3.27. The average molecular weight is 406 g/mol. The van der Waals surface area contributed by atoms with E-state index in [-0.39, 0.29) is 11.5 Å². The van der Waals surface area contributed by atoms with E-state index in [9.17, 15) is 18.0 Å². The predicted molar refractivity (Wildman–Crippen MR) is 97.1 cm³/mol. The van der Waals surface area contributed by atoms with Crippen LogP contribution in [-0.4, -0.2) is 28.4 Å². The number of aromatic nitrogens is 2. The molecule has 10 heteroatoms. The van der Waals surface area contributed by atoms with Crippen molar-refractivity contribution < 1.29 is 27.4 Å². The number of hydrogen-bond acceptors (Lipinski definition) is 5. The lowest BCUT2D eigenvalue weighted by Crippen LogP contribution is -2.63. The fraction of sp³-hybridized carbons (Fsp3) is 0.263. The standard InChI is InChI=1S/C19H17F3N4O3/c1-10(11-2-4-14-12(6-11)8-24-26-14)25-17(27)18(23)9-28-16-7-13(19(20,21)22)3-5-15(16)29-18/h2-8,10H,9,23H2,1H3,(H,24,26)(H,25,27)/t10?,18-/m0/s1. The van der Waals surface area contributed by atoms with Crippen molar-refractivity contribution in [3.8, 4) is 11.5 Å². The Balaban J connectivity index is 1.50. The Bertz CT molecular complexity index is 1080. The van der Waals surface area contributed by atoms with E-state index < -0.39 is 36.0 Å². The summed E-state index contributed by atoms with van der Waals surface area (Å²) in [7, 11) is 0. The number of carbonyl (C=O) groups is 1. The zero-order chi connectivity index (χ0) is 20.8. The van der Waals surface area contributed by atoms with Crippen molar-refractivity contribution in [2.75, 3.05) is 6.61 Å². The molecule has 3 aromatic rings. The van der Waals surface area contributed by atoms with E-state index in [4.69, 9.17) is 15.2 Å². The van der Waals surface area contributed by atoms with Crippen LogP contribution in [-0.2, 0) is 11.0 Å². The number of nitrogens with one attached hydrogen (secondary N) is 2. The van der Waals surface area contributed by atoms with E-state index in [2.05, 4.69) is 15.5 Å². The molecule has 29 heavy (non-hydrogen) atoms. The lowest BCUT2D eigenvalue weighted by Gasteiger charge is -2.34. The first-order chi connectivity index (χ1) is 13.7. The number of alkyl halides is 3. The molecule has 2 aromatic carbocycles. The maximum Gasteiger partial charge on any atom is 0.416 e. The SMILES string of the molecule is CC(NC(=O)[C@]1(N)COc2cc(C(F)(F)F)ccc2O1)c1ccc2[nH]ncc2c1. The number of nitrogens with two attached hydrogens (primary N) is 1. The molecule has 1 amide bonds. The number of rotatable bonds is 3. The molecule has 1 unspecified atom stereocenters. The zero-order valence-corrected chi connectivity index (χ0v) is 15.2. The Morgan fingerprint density at radius 1 is 1.28 bits per heavy atom. The Kier molecular flexibility index (Phi) is 4.38. The van der Waals surface area contributed by atoms with Gasteiger partial charge in [0.15, 0.2) is 18.1 Å². The van der Waals surface area contributed by atoms with E-state index in [0.29, 0.717) is 0 Å². The van der Waals surface area contributed by atoms with E-state index in [1.165, 1.54) is 0 Å². The number of amides is 1.